The normalized spacial score (nSPS) is 10.4. The molecule has 1 aromatic rings. The first-order valence-corrected chi connectivity index (χ1v) is 5.84. The minimum atomic E-state index is 0.637. The van der Waals surface area contributed by atoms with E-state index in [0.29, 0.717) is 6.54 Å². The first-order chi connectivity index (χ1) is 7.28. The van der Waals surface area contributed by atoms with Crippen LogP contribution in [0.25, 0.3) is 0 Å². The molecule has 0 radical (unpaired) electrons. The maximum absolute atomic E-state index is 5.76. The molecule has 0 spiro atoms. The number of hydrogen-bond acceptors (Lipinski definition) is 2. The minimum absolute atomic E-state index is 0.637. The molecule has 1 aromatic carbocycles. The third kappa shape index (κ3) is 2.51. The SMILES string of the molecule is CCc1c(CN)cccc1N(CC)CC. The van der Waals surface area contributed by atoms with Crippen molar-refractivity contribution in [2.75, 3.05) is 18.0 Å². The maximum atomic E-state index is 5.76. The predicted molar refractivity (Wildman–Crippen MR) is 67.3 cm³/mol. The number of nitrogens with two attached hydrogens (primary N) is 1. The van der Waals surface area contributed by atoms with E-state index in [1.807, 2.05) is 0 Å². The molecule has 1 rings (SSSR count). The van der Waals surface area contributed by atoms with E-state index >= 15 is 0 Å². The number of nitrogens with zero attached hydrogens (tertiary/aromatic N) is 1. The van der Waals surface area contributed by atoms with Crippen LogP contribution in [-0.2, 0) is 13.0 Å². The zero-order valence-corrected chi connectivity index (χ0v) is 10.1. The van der Waals surface area contributed by atoms with Crippen molar-refractivity contribution in [3.8, 4) is 0 Å². The van der Waals surface area contributed by atoms with Crippen molar-refractivity contribution < 1.29 is 0 Å². The van der Waals surface area contributed by atoms with Gasteiger partial charge in [0, 0.05) is 25.3 Å². The van der Waals surface area contributed by atoms with Gasteiger partial charge in [-0.2, -0.15) is 0 Å². The molecule has 0 saturated carbocycles. The van der Waals surface area contributed by atoms with Gasteiger partial charge in [-0.1, -0.05) is 19.1 Å². The summed E-state index contributed by atoms with van der Waals surface area (Å²) in [5.74, 6) is 0. The van der Waals surface area contributed by atoms with Crippen molar-refractivity contribution >= 4 is 5.69 Å². The molecule has 84 valence electrons. The summed E-state index contributed by atoms with van der Waals surface area (Å²) < 4.78 is 0. The third-order valence-corrected chi connectivity index (χ3v) is 2.93. The van der Waals surface area contributed by atoms with Gasteiger partial charge in [0.2, 0.25) is 0 Å². The fraction of sp³-hybridized carbons (Fsp3) is 0.538. The zero-order chi connectivity index (χ0) is 11.3. The highest BCUT2D eigenvalue weighted by molar-refractivity contribution is 5.56. The molecular weight excluding hydrogens is 184 g/mol. The quantitative estimate of drug-likeness (QED) is 0.802. The van der Waals surface area contributed by atoms with Crippen LogP contribution in [0.4, 0.5) is 5.69 Å². The Hall–Kier alpha value is -1.02. The van der Waals surface area contributed by atoms with E-state index in [2.05, 4.69) is 43.9 Å². The van der Waals surface area contributed by atoms with Crippen LogP contribution in [0.15, 0.2) is 18.2 Å². The van der Waals surface area contributed by atoms with E-state index in [9.17, 15) is 0 Å². The fourth-order valence-electron chi connectivity index (χ4n) is 2.08. The first-order valence-electron chi connectivity index (χ1n) is 5.84. The second kappa shape index (κ2) is 5.76. The van der Waals surface area contributed by atoms with Gasteiger partial charge in [-0.15, -0.1) is 0 Å². The Bertz CT molecular complexity index is 303. The summed E-state index contributed by atoms with van der Waals surface area (Å²) in [5.41, 5.74) is 9.80. The zero-order valence-electron chi connectivity index (χ0n) is 10.1. The summed E-state index contributed by atoms with van der Waals surface area (Å²) in [6.45, 7) is 9.32. The molecule has 0 aliphatic rings. The van der Waals surface area contributed by atoms with Gasteiger partial charge in [0.25, 0.3) is 0 Å². The number of anilines is 1. The molecule has 0 amide bonds. The number of hydrogen-bond donors (Lipinski definition) is 1. The molecule has 0 atom stereocenters. The van der Waals surface area contributed by atoms with Crippen LogP contribution in [0, 0.1) is 0 Å². The Kier molecular flexibility index (Phi) is 4.63. The van der Waals surface area contributed by atoms with Crippen LogP contribution in [0.3, 0.4) is 0 Å². The Morgan fingerprint density at radius 3 is 2.27 bits per heavy atom. The summed E-state index contributed by atoms with van der Waals surface area (Å²) in [4.78, 5) is 2.39. The van der Waals surface area contributed by atoms with E-state index < -0.39 is 0 Å². The smallest absolute Gasteiger partial charge is 0.0401 e. The number of benzene rings is 1. The lowest BCUT2D eigenvalue weighted by molar-refractivity contribution is 0.850. The molecule has 0 aliphatic heterocycles. The second-order valence-corrected chi connectivity index (χ2v) is 3.64. The molecule has 15 heavy (non-hydrogen) atoms. The lowest BCUT2D eigenvalue weighted by atomic mass is 10.0. The summed E-state index contributed by atoms with van der Waals surface area (Å²) in [5, 5.41) is 0. The van der Waals surface area contributed by atoms with E-state index in [1.54, 1.807) is 0 Å². The molecule has 0 heterocycles. The lowest BCUT2D eigenvalue weighted by Gasteiger charge is -2.25. The van der Waals surface area contributed by atoms with Crippen LogP contribution < -0.4 is 10.6 Å². The van der Waals surface area contributed by atoms with E-state index in [-0.39, 0.29) is 0 Å². The summed E-state index contributed by atoms with van der Waals surface area (Å²) in [6, 6.07) is 6.44. The summed E-state index contributed by atoms with van der Waals surface area (Å²) in [6.07, 6.45) is 1.05. The monoisotopic (exact) mass is 206 g/mol. The van der Waals surface area contributed by atoms with Crippen LogP contribution in [0.1, 0.15) is 31.9 Å². The lowest BCUT2D eigenvalue weighted by Crippen LogP contribution is -2.23. The van der Waals surface area contributed by atoms with E-state index in [0.717, 1.165) is 19.5 Å². The van der Waals surface area contributed by atoms with Crippen molar-refractivity contribution in [3.05, 3.63) is 29.3 Å². The van der Waals surface area contributed by atoms with Crippen molar-refractivity contribution in [2.45, 2.75) is 33.7 Å². The van der Waals surface area contributed by atoms with Crippen LogP contribution in [0.5, 0.6) is 0 Å². The molecular formula is C13H22N2. The highest BCUT2D eigenvalue weighted by Gasteiger charge is 2.09. The largest absolute Gasteiger partial charge is 0.372 e. The van der Waals surface area contributed by atoms with Crippen molar-refractivity contribution in [2.24, 2.45) is 5.73 Å². The highest BCUT2D eigenvalue weighted by Crippen LogP contribution is 2.24. The summed E-state index contributed by atoms with van der Waals surface area (Å²) >= 11 is 0. The van der Waals surface area contributed by atoms with Crippen LogP contribution in [0.2, 0.25) is 0 Å². The molecule has 0 aromatic heterocycles. The van der Waals surface area contributed by atoms with Gasteiger partial charge in [-0.3, -0.25) is 0 Å². The Labute approximate surface area is 93.1 Å². The fourth-order valence-corrected chi connectivity index (χ4v) is 2.08. The molecule has 2 nitrogen and oxygen atoms in total. The Morgan fingerprint density at radius 1 is 1.13 bits per heavy atom. The van der Waals surface area contributed by atoms with Gasteiger partial charge in [0.05, 0.1) is 0 Å². The summed E-state index contributed by atoms with van der Waals surface area (Å²) in [7, 11) is 0. The topological polar surface area (TPSA) is 29.3 Å². The highest BCUT2D eigenvalue weighted by atomic mass is 15.1. The van der Waals surface area contributed by atoms with E-state index in [1.165, 1.54) is 16.8 Å². The molecule has 0 fully saturated rings. The van der Waals surface area contributed by atoms with Gasteiger partial charge in [0.15, 0.2) is 0 Å². The molecule has 0 aliphatic carbocycles. The van der Waals surface area contributed by atoms with Gasteiger partial charge < -0.3 is 10.6 Å². The van der Waals surface area contributed by atoms with Gasteiger partial charge >= 0.3 is 0 Å². The second-order valence-electron chi connectivity index (χ2n) is 3.64. The average Bonchev–Trinajstić information content (AvgIpc) is 2.30. The van der Waals surface area contributed by atoms with Crippen molar-refractivity contribution in [1.29, 1.82) is 0 Å². The van der Waals surface area contributed by atoms with Crippen molar-refractivity contribution in [3.63, 3.8) is 0 Å². The van der Waals surface area contributed by atoms with Gasteiger partial charge in [-0.25, -0.2) is 0 Å². The van der Waals surface area contributed by atoms with Crippen LogP contribution in [-0.4, -0.2) is 13.1 Å². The number of rotatable bonds is 5. The van der Waals surface area contributed by atoms with Crippen LogP contribution >= 0.6 is 0 Å². The first kappa shape index (κ1) is 12.1. The maximum Gasteiger partial charge on any atom is 0.0401 e. The molecule has 2 N–H and O–H groups in total. The van der Waals surface area contributed by atoms with Crippen molar-refractivity contribution in [1.82, 2.24) is 0 Å². The Morgan fingerprint density at radius 2 is 1.80 bits per heavy atom. The molecule has 0 saturated heterocycles. The minimum Gasteiger partial charge on any atom is -0.372 e. The molecule has 0 unspecified atom stereocenters. The standard InChI is InChI=1S/C13H22N2/c1-4-12-11(10-14)8-7-9-13(12)15(5-2)6-3/h7-9H,4-6,10,14H2,1-3H3. The van der Waals surface area contributed by atoms with Gasteiger partial charge in [0.1, 0.15) is 0 Å². The molecule has 2 heteroatoms. The van der Waals surface area contributed by atoms with Gasteiger partial charge in [-0.05, 0) is 37.5 Å². The third-order valence-electron chi connectivity index (χ3n) is 2.93. The molecule has 0 bridgehead atoms. The average molecular weight is 206 g/mol. The van der Waals surface area contributed by atoms with E-state index in [4.69, 9.17) is 5.73 Å². The predicted octanol–water partition coefficient (Wildman–Crippen LogP) is 2.55. The Balaban J connectivity index is 3.15.